The van der Waals surface area contributed by atoms with Gasteiger partial charge in [-0.1, -0.05) is 0 Å². The van der Waals surface area contributed by atoms with Crippen molar-refractivity contribution in [3.05, 3.63) is 0 Å². The third-order valence-electron chi connectivity index (χ3n) is 0.109. The fourth-order valence-corrected chi connectivity index (χ4v) is 0. The van der Waals surface area contributed by atoms with E-state index in [0.29, 0.717) is 0 Å². The van der Waals surface area contributed by atoms with Gasteiger partial charge >= 0.3 is 5.97 Å². The van der Waals surface area contributed by atoms with Gasteiger partial charge < -0.3 is 4.29 Å². The molecule has 31 valence electrons. The van der Waals surface area contributed by atoms with E-state index in [-0.39, 0.29) is 29.6 Å². The molecule has 0 aromatic heterocycles. The van der Waals surface area contributed by atoms with Crippen molar-refractivity contribution in [1.82, 2.24) is 0 Å². The van der Waals surface area contributed by atoms with Crippen LogP contribution in [-0.2, 0) is 9.08 Å². The summed E-state index contributed by atoms with van der Waals surface area (Å²) < 4.78 is 3.58. The fourth-order valence-electron chi connectivity index (χ4n) is 0. The molecule has 0 aliphatic rings. The fraction of sp³-hybridized carbons (Fsp3) is 0.500. The van der Waals surface area contributed by atoms with Gasteiger partial charge in [-0.25, -0.2) is 0 Å². The Bertz CT molecular complexity index is 46.8. The molecule has 1 radical (unpaired) electrons. The molecule has 0 saturated carbocycles. The van der Waals surface area contributed by atoms with Crippen LogP contribution in [0.5, 0.6) is 0 Å². The molecule has 0 aliphatic carbocycles. The van der Waals surface area contributed by atoms with Gasteiger partial charge in [0, 0.05) is 36.5 Å². The van der Waals surface area contributed by atoms with Crippen LogP contribution in [0.2, 0.25) is 0 Å². The van der Waals surface area contributed by atoms with Crippen LogP contribution in [0, 0.1) is 0 Å². The van der Waals surface area contributed by atoms with Crippen LogP contribution >= 0.6 is 11.9 Å². The first-order chi connectivity index (χ1) is 2.27. The van der Waals surface area contributed by atoms with Crippen molar-refractivity contribution >= 4 is 47.4 Å². The third-order valence-corrected chi connectivity index (χ3v) is 0.326. The maximum absolute atomic E-state index is 9.46. The Hall–Kier alpha value is 0.760. The van der Waals surface area contributed by atoms with Crippen LogP contribution in [0.25, 0.3) is 0 Å². The predicted octanol–water partition coefficient (Wildman–Crippen LogP) is 0.322. The predicted molar refractivity (Wildman–Crippen MR) is 23.4 cm³/mol. The van der Waals surface area contributed by atoms with Crippen LogP contribution in [-0.4, -0.2) is 35.5 Å². The quantitative estimate of drug-likeness (QED) is 0.427. The van der Waals surface area contributed by atoms with Gasteiger partial charge in [-0.3, -0.25) is 4.79 Å². The van der Waals surface area contributed by atoms with E-state index in [4.69, 9.17) is 0 Å². The molecule has 0 aliphatic heterocycles. The monoisotopic (exact) mass is 117 g/mol. The third kappa shape index (κ3) is 8.83. The summed E-state index contributed by atoms with van der Waals surface area (Å²) in [5, 5.41) is 0. The summed E-state index contributed by atoms with van der Waals surface area (Å²) in [6, 6.07) is 0. The molecule has 2 nitrogen and oxygen atoms in total. The van der Waals surface area contributed by atoms with Gasteiger partial charge in [0.05, 0.1) is 0 Å². The Labute approximate surface area is 63.3 Å². The molecule has 0 atom stereocenters. The summed E-state index contributed by atoms with van der Waals surface area (Å²) in [4.78, 5) is 9.46. The molecule has 0 amide bonds. The molecule has 0 unspecified atom stereocenters. The molecule has 6 heavy (non-hydrogen) atoms. The number of rotatable bonds is 0. The van der Waals surface area contributed by atoms with Crippen molar-refractivity contribution in [1.29, 1.82) is 0 Å². The van der Waals surface area contributed by atoms with Crippen molar-refractivity contribution in [2.75, 3.05) is 0 Å². The molecule has 0 aromatic rings. The molecule has 0 rings (SSSR count). The Kier molecular flexibility index (Phi) is 9.50. The molecule has 0 saturated heterocycles. The molecule has 0 heterocycles. The minimum Gasteiger partial charge on any atom is -0.348 e. The normalized spacial score (nSPS) is 5.67. The summed E-state index contributed by atoms with van der Waals surface area (Å²) in [7, 11) is 0. The van der Waals surface area contributed by atoms with Crippen molar-refractivity contribution < 1.29 is 9.08 Å². The van der Waals surface area contributed by atoms with E-state index < -0.39 is 5.97 Å². The zero-order valence-electron chi connectivity index (χ0n) is 3.69. The molecule has 0 N–H and O–H groups in total. The van der Waals surface area contributed by atoms with Gasteiger partial charge in [-0.05, 0) is 0 Å². The molecule has 0 aromatic carbocycles. The van der Waals surface area contributed by atoms with Crippen molar-refractivity contribution in [2.45, 2.75) is 6.92 Å². The summed E-state index contributed by atoms with van der Waals surface area (Å²) >= 11 is 4.49. The Balaban J connectivity index is 0. The average Bonchev–Trinajstić information content (AvgIpc) is 1.38. The van der Waals surface area contributed by atoms with Gasteiger partial charge in [0.25, 0.3) is 0 Å². The zero-order chi connectivity index (χ0) is 4.28. The van der Waals surface area contributed by atoms with Gasteiger partial charge in [-0.15, -0.1) is 0 Å². The van der Waals surface area contributed by atoms with E-state index in [1.807, 2.05) is 0 Å². The first-order valence-corrected chi connectivity index (χ1v) is 1.37. The number of carbonyl (C=O) groups excluding carboxylic acids is 1. The standard InChI is InChI=1S/C2H3ClO2.Na/c1-2(4)5-3;/h1H3;. The summed E-state index contributed by atoms with van der Waals surface area (Å²) in [5.41, 5.74) is 0. The molecule has 0 fully saturated rings. The van der Waals surface area contributed by atoms with E-state index in [0.717, 1.165) is 0 Å². The van der Waals surface area contributed by atoms with E-state index in [9.17, 15) is 4.79 Å². The number of halogens is 1. The number of carbonyl (C=O) groups is 1. The zero-order valence-corrected chi connectivity index (χ0v) is 6.45. The Morgan fingerprint density at radius 2 is 2.00 bits per heavy atom. The SMILES string of the molecule is CC(=O)OCl.[Na]. The van der Waals surface area contributed by atoms with Gasteiger partial charge in [-0.2, -0.15) is 0 Å². The minimum absolute atomic E-state index is 0. The van der Waals surface area contributed by atoms with Gasteiger partial charge in [0.15, 0.2) is 0 Å². The molecule has 0 bridgehead atoms. The largest absolute Gasteiger partial charge is 0.348 e. The van der Waals surface area contributed by atoms with Crippen LogP contribution in [0.3, 0.4) is 0 Å². The number of hydrogen-bond acceptors (Lipinski definition) is 2. The summed E-state index contributed by atoms with van der Waals surface area (Å²) in [5.74, 6) is -0.480. The second kappa shape index (κ2) is 5.76. The molecule has 4 heteroatoms. The summed E-state index contributed by atoms with van der Waals surface area (Å²) in [6.07, 6.45) is 0. The topological polar surface area (TPSA) is 26.3 Å². The van der Waals surface area contributed by atoms with E-state index in [2.05, 4.69) is 16.2 Å². The van der Waals surface area contributed by atoms with Crippen molar-refractivity contribution in [3.8, 4) is 0 Å². The van der Waals surface area contributed by atoms with Gasteiger partial charge in [0.2, 0.25) is 0 Å². The van der Waals surface area contributed by atoms with Crippen LogP contribution in [0.4, 0.5) is 0 Å². The number of hydrogen-bond donors (Lipinski definition) is 0. The van der Waals surface area contributed by atoms with Crippen LogP contribution < -0.4 is 0 Å². The first kappa shape index (κ1) is 9.90. The average molecular weight is 117 g/mol. The Morgan fingerprint density at radius 3 is 2.00 bits per heavy atom. The van der Waals surface area contributed by atoms with E-state index in [1.54, 1.807) is 0 Å². The van der Waals surface area contributed by atoms with Crippen LogP contribution in [0.1, 0.15) is 6.92 Å². The van der Waals surface area contributed by atoms with Crippen LogP contribution in [0.15, 0.2) is 0 Å². The maximum atomic E-state index is 9.46. The second-order valence-electron chi connectivity index (χ2n) is 0.569. The van der Waals surface area contributed by atoms with E-state index in [1.165, 1.54) is 6.92 Å². The minimum atomic E-state index is -0.480. The Morgan fingerprint density at radius 1 is 1.83 bits per heavy atom. The van der Waals surface area contributed by atoms with Crippen molar-refractivity contribution in [2.24, 2.45) is 0 Å². The molecular weight excluding hydrogens is 114 g/mol. The maximum Gasteiger partial charge on any atom is 0.321 e. The van der Waals surface area contributed by atoms with E-state index >= 15 is 0 Å². The molecular formula is C2H3ClNaO2. The van der Waals surface area contributed by atoms with Gasteiger partial charge in [0.1, 0.15) is 11.9 Å². The van der Waals surface area contributed by atoms with Crippen molar-refractivity contribution in [3.63, 3.8) is 0 Å². The molecule has 0 spiro atoms. The summed E-state index contributed by atoms with van der Waals surface area (Å²) in [6.45, 7) is 1.23. The second-order valence-corrected chi connectivity index (χ2v) is 0.723. The first-order valence-electron chi connectivity index (χ1n) is 1.06. The smallest absolute Gasteiger partial charge is 0.321 e.